The molecule has 10 heteroatoms. The van der Waals surface area contributed by atoms with E-state index in [2.05, 4.69) is 5.32 Å². The van der Waals surface area contributed by atoms with Gasteiger partial charge in [-0.3, -0.25) is 4.90 Å². The van der Waals surface area contributed by atoms with E-state index in [1.807, 2.05) is 4.90 Å². The average molecular weight is 431 g/mol. The fraction of sp³-hybridized carbons (Fsp3) is 0.412. The number of alkyl halides is 6. The molecule has 1 N–H and O–H groups in total. The third-order valence-electron chi connectivity index (χ3n) is 4.31. The minimum atomic E-state index is -4.87. The minimum Gasteiger partial charge on any atom is -0.314 e. The van der Waals surface area contributed by atoms with E-state index in [0.29, 0.717) is 31.1 Å². The predicted octanol–water partition coefficient (Wildman–Crippen LogP) is 5.20. The molecule has 2 nitrogen and oxygen atoms in total. The van der Waals surface area contributed by atoms with Gasteiger partial charge in [0.2, 0.25) is 0 Å². The summed E-state index contributed by atoms with van der Waals surface area (Å²) in [6.45, 7) is 2.26. The maximum atomic E-state index is 13.6. The lowest BCUT2D eigenvalue weighted by atomic mass is 9.94. The number of piperazine rings is 1. The highest BCUT2D eigenvalue weighted by molar-refractivity contribution is 7.10. The van der Waals surface area contributed by atoms with Crippen LogP contribution in [0.15, 0.2) is 35.7 Å². The lowest BCUT2D eigenvalue weighted by Crippen LogP contribution is -2.45. The van der Waals surface area contributed by atoms with Crippen LogP contribution in [0.25, 0.3) is 0 Å². The number of halogens is 7. The topological polar surface area (TPSA) is 15.3 Å². The molecular formula is C17H17ClF6N2S. The van der Waals surface area contributed by atoms with Crippen LogP contribution in [0.4, 0.5) is 26.3 Å². The van der Waals surface area contributed by atoms with Crippen LogP contribution in [0, 0.1) is 0 Å². The number of rotatable bonds is 3. The van der Waals surface area contributed by atoms with Crippen LogP contribution in [0.3, 0.4) is 0 Å². The van der Waals surface area contributed by atoms with Gasteiger partial charge in [-0.25, -0.2) is 0 Å². The van der Waals surface area contributed by atoms with Crippen molar-refractivity contribution in [3.05, 3.63) is 57.3 Å². The molecule has 2 aromatic rings. The van der Waals surface area contributed by atoms with E-state index in [1.54, 1.807) is 17.5 Å². The Hall–Kier alpha value is -1.29. The first-order valence-electron chi connectivity index (χ1n) is 7.94. The molecule has 150 valence electrons. The Morgan fingerprint density at radius 1 is 0.963 bits per heavy atom. The molecule has 27 heavy (non-hydrogen) atoms. The third kappa shape index (κ3) is 4.96. The van der Waals surface area contributed by atoms with Crippen LogP contribution in [0.1, 0.15) is 27.6 Å². The highest BCUT2D eigenvalue weighted by Gasteiger charge is 2.41. The molecule has 0 saturated carbocycles. The van der Waals surface area contributed by atoms with Gasteiger partial charge < -0.3 is 5.32 Å². The zero-order chi connectivity index (χ0) is 18.9. The van der Waals surface area contributed by atoms with Crippen molar-refractivity contribution < 1.29 is 26.3 Å². The Morgan fingerprint density at radius 3 is 2.15 bits per heavy atom. The van der Waals surface area contributed by atoms with Crippen LogP contribution in [0.5, 0.6) is 0 Å². The van der Waals surface area contributed by atoms with Crippen LogP contribution in [-0.4, -0.2) is 31.1 Å². The molecule has 1 aliphatic rings. The zero-order valence-electron chi connectivity index (χ0n) is 13.9. The van der Waals surface area contributed by atoms with Crippen molar-refractivity contribution in [2.24, 2.45) is 0 Å². The van der Waals surface area contributed by atoms with E-state index < -0.39 is 29.5 Å². The van der Waals surface area contributed by atoms with E-state index in [1.165, 1.54) is 11.3 Å². The van der Waals surface area contributed by atoms with Gasteiger partial charge in [-0.15, -0.1) is 23.7 Å². The first kappa shape index (κ1) is 22.0. The first-order valence-corrected chi connectivity index (χ1v) is 8.82. The molecule has 0 amide bonds. The molecule has 0 bridgehead atoms. The number of nitrogens with one attached hydrogen (secondary N) is 1. The maximum absolute atomic E-state index is 13.6. The van der Waals surface area contributed by atoms with Gasteiger partial charge in [0.1, 0.15) is 0 Å². The van der Waals surface area contributed by atoms with Crippen molar-refractivity contribution in [1.82, 2.24) is 10.2 Å². The van der Waals surface area contributed by atoms with E-state index in [0.717, 1.165) is 12.1 Å². The van der Waals surface area contributed by atoms with Crippen molar-refractivity contribution in [2.45, 2.75) is 18.4 Å². The smallest absolute Gasteiger partial charge is 0.314 e. The van der Waals surface area contributed by atoms with Gasteiger partial charge in [-0.1, -0.05) is 12.1 Å². The monoisotopic (exact) mass is 430 g/mol. The van der Waals surface area contributed by atoms with E-state index >= 15 is 0 Å². The molecule has 0 spiro atoms. The summed E-state index contributed by atoms with van der Waals surface area (Å²) >= 11 is 1.30. The van der Waals surface area contributed by atoms with Crippen LogP contribution in [0.2, 0.25) is 0 Å². The summed E-state index contributed by atoms with van der Waals surface area (Å²) in [6, 6.07) is 4.64. The van der Waals surface area contributed by atoms with Gasteiger partial charge in [0.25, 0.3) is 0 Å². The largest absolute Gasteiger partial charge is 0.416 e. The molecule has 1 atom stereocenters. The number of nitrogens with zero attached hydrogens (tertiary/aromatic N) is 1. The molecule has 1 aliphatic heterocycles. The Labute approximate surface area is 162 Å². The molecule has 0 aliphatic carbocycles. The molecule has 1 aromatic heterocycles. The normalized spacial score (nSPS) is 17.4. The Morgan fingerprint density at radius 2 is 1.63 bits per heavy atom. The molecule has 2 heterocycles. The molecule has 0 unspecified atom stereocenters. The molecule has 1 fully saturated rings. The van der Waals surface area contributed by atoms with Gasteiger partial charge >= 0.3 is 12.4 Å². The standard InChI is InChI=1S/C17H16F6N2S.ClH/c18-16(19,20)11-3-4-12(13(10-11)17(21,22)23)15(14-2-1-9-26-14)25-7-5-24-6-8-25;/h1-4,9-10,15,24H,5-8H2;1H/t15-;/m0./s1. The minimum absolute atomic E-state index is 0. The lowest BCUT2D eigenvalue weighted by molar-refractivity contribution is -0.143. The van der Waals surface area contributed by atoms with Crippen molar-refractivity contribution in [2.75, 3.05) is 26.2 Å². The van der Waals surface area contributed by atoms with E-state index in [4.69, 9.17) is 0 Å². The molecule has 0 radical (unpaired) electrons. The zero-order valence-corrected chi connectivity index (χ0v) is 15.5. The molecule has 1 saturated heterocycles. The van der Waals surface area contributed by atoms with Gasteiger partial charge in [0.15, 0.2) is 0 Å². The summed E-state index contributed by atoms with van der Waals surface area (Å²) in [5, 5.41) is 4.88. The second-order valence-corrected chi connectivity index (χ2v) is 6.98. The second kappa shape index (κ2) is 8.38. The first-order chi connectivity index (χ1) is 12.2. The fourth-order valence-corrected chi connectivity index (χ4v) is 4.01. The SMILES string of the molecule is Cl.FC(F)(F)c1ccc([C@@H](c2cccs2)N2CCNCC2)c(C(F)(F)F)c1. The average Bonchev–Trinajstić information content (AvgIpc) is 3.08. The summed E-state index contributed by atoms with van der Waals surface area (Å²) in [7, 11) is 0. The van der Waals surface area contributed by atoms with Crippen molar-refractivity contribution in [3.8, 4) is 0 Å². The highest BCUT2D eigenvalue weighted by Crippen LogP contribution is 2.43. The predicted molar refractivity (Wildman–Crippen MR) is 94.3 cm³/mol. The summed E-state index contributed by atoms with van der Waals surface area (Å²) in [5.41, 5.74) is -2.67. The summed E-state index contributed by atoms with van der Waals surface area (Å²) in [4.78, 5) is 2.55. The number of hydrogen-bond acceptors (Lipinski definition) is 3. The number of hydrogen-bond donors (Lipinski definition) is 1. The van der Waals surface area contributed by atoms with Crippen molar-refractivity contribution in [1.29, 1.82) is 0 Å². The summed E-state index contributed by atoms with van der Waals surface area (Å²) in [5.74, 6) is 0. The lowest BCUT2D eigenvalue weighted by Gasteiger charge is -2.36. The van der Waals surface area contributed by atoms with Crippen molar-refractivity contribution in [3.63, 3.8) is 0 Å². The molecule has 1 aromatic carbocycles. The van der Waals surface area contributed by atoms with E-state index in [-0.39, 0.29) is 24.0 Å². The van der Waals surface area contributed by atoms with Crippen LogP contribution < -0.4 is 5.32 Å². The Kier molecular flexibility index (Phi) is 6.83. The number of thiophene rings is 1. The summed E-state index contributed by atoms with van der Waals surface area (Å²) < 4.78 is 79.6. The Bertz CT molecular complexity index is 739. The molecule has 3 rings (SSSR count). The Balaban J connectivity index is 0.00000261. The van der Waals surface area contributed by atoms with E-state index in [9.17, 15) is 26.3 Å². The van der Waals surface area contributed by atoms with Gasteiger partial charge in [-0.2, -0.15) is 26.3 Å². The highest BCUT2D eigenvalue weighted by atomic mass is 35.5. The second-order valence-electron chi connectivity index (χ2n) is 6.00. The van der Waals surface area contributed by atoms with Crippen molar-refractivity contribution >= 4 is 23.7 Å². The van der Waals surface area contributed by atoms with Crippen LogP contribution in [-0.2, 0) is 12.4 Å². The maximum Gasteiger partial charge on any atom is 0.416 e. The quantitative estimate of drug-likeness (QED) is 0.673. The molecular weight excluding hydrogens is 414 g/mol. The number of benzene rings is 1. The van der Waals surface area contributed by atoms with Crippen LogP contribution >= 0.6 is 23.7 Å². The van der Waals surface area contributed by atoms with Gasteiger partial charge in [0, 0.05) is 31.1 Å². The van der Waals surface area contributed by atoms with Gasteiger partial charge in [0.05, 0.1) is 17.2 Å². The fourth-order valence-electron chi connectivity index (χ4n) is 3.13. The summed E-state index contributed by atoms with van der Waals surface area (Å²) in [6.07, 6.45) is -9.70. The third-order valence-corrected chi connectivity index (χ3v) is 5.23. The van der Waals surface area contributed by atoms with Gasteiger partial charge in [-0.05, 0) is 29.1 Å².